The molecule has 0 saturated carbocycles. The molecule has 0 N–H and O–H groups in total. The van der Waals surface area contributed by atoms with E-state index >= 15 is 0 Å². The molecule has 0 radical (unpaired) electrons. The molecule has 0 aliphatic heterocycles. The molecule has 0 heterocycles. The van der Waals surface area contributed by atoms with Gasteiger partial charge in [-0.3, -0.25) is 4.79 Å². The number of nitrogens with zero attached hydrogens (tertiary/aromatic N) is 1. The van der Waals surface area contributed by atoms with Gasteiger partial charge in [0.1, 0.15) is 5.38 Å². The fraction of sp³-hybridized carbons (Fsp3) is 0.300. The standard InChI is InChI=1S/C10H10Cl3NO/c1-14(2)10(15)9(13)7-4-3-6(11)5-8(7)12/h3-5,9H,1-2H3. The highest BCUT2D eigenvalue weighted by Crippen LogP contribution is 2.30. The summed E-state index contributed by atoms with van der Waals surface area (Å²) in [5, 5.41) is 0.146. The molecular weight excluding hydrogens is 256 g/mol. The Balaban J connectivity index is 3.01. The molecule has 1 atom stereocenters. The van der Waals surface area contributed by atoms with Crippen LogP contribution in [0.15, 0.2) is 18.2 Å². The van der Waals surface area contributed by atoms with Crippen LogP contribution in [-0.4, -0.2) is 24.9 Å². The van der Waals surface area contributed by atoms with Crippen LogP contribution in [0.3, 0.4) is 0 Å². The molecule has 1 unspecified atom stereocenters. The number of hydrogen-bond acceptors (Lipinski definition) is 1. The number of carbonyl (C=O) groups excluding carboxylic acids is 1. The highest BCUT2D eigenvalue weighted by Gasteiger charge is 2.21. The Labute approximate surface area is 104 Å². The Morgan fingerprint density at radius 3 is 2.40 bits per heavy atom. The second-order valence-corrected chi connectivity index (χ2v) is 4.54. The van der Waals surface area contributed by atoms with Crippen molar-refractivity contribution in [3.05, 3.63) is 33.8 Å². The second-order valence-electron chi connectivity index (χ2n) is 3.26. The van der Waals surface area contributed by atoms with Crippen molar-refractivity contribution in [3.63, 3.8) is 0 Å². The molecule has 1 amide bonds. The van der Waals surface area contributed by atoms with Gasteiger partial charge in [0.25, 0.3) is 0 Å². The Morgan fingerprint density at radius 2 is 1.93 bits per heavy atom. The van der Waals surface area contributed by atoms with Gasteiger partial charge in [0.05, 0.1) is 0 Å². The summed E-state index contributed by atoms with van der Waals surface area (Å²) in [6, 6.07) is 4.88. The van der Waals surface area contributed by atoms with Crippen molar-refractivity contribution in [2.75, 3.05) is 14.1 Å². The first-order chi connectivity index (χ1) is 6.93. The maximum absolute atomic E-state index is 11.6. The third kappa shape index (κ3) is 3.00. The van der Waals surface area contributed by atoms with E-state index in [1.807, 2.05) is 0 Å². The average molecular weight is 267 g/mol. The van der Waals surface area contributed by atoms with Crippen LogP contribution < -0.4 is 0 Å². The number of rotatable bonds is 2. The zero-order chi connectivity index (χ0) is 11.6. The lowest BCUT2D eigenvalue weighted by atomic mass is 10.1. The highest BCUT2D eigenvalue weighted by atomic mass is 35.5. The van der Waals surface area contributed by atoms with Gasteiger partial charge in [0, 0.05) is 24.1 Å². The minimum Gasteiger partial charge on any atom is -0.347 e. The van der Waals surface area contributed by atoms with Crippen molar-refractivity contribution in [3.8, 4) is 0 Å². The molecular formula is C10H10Cl3NO. The summed E-state index contributed by atoms with van der Waals surface area (Å²) in [4.78, 5) is 13.0. The lowest BCUT2D eigenvalue weighted by Crippen LogP contribution is -2.25. The largest absolute Gasteiger partial charge is 0.347 e. The van der Waals surface area contributed by atoms with Crippen molar-refractivity contribution >= 4 is 40.7 Å². The van der Waals surface area contributed by atoms with Gasteiger partial charge in [-0.25, -0.2) is 0 Å². The summed E-state index contributed by atoms with van der Waals surface area (Å²) < 4.78 is 0. The van der Waals surface area contributed by atoms with E-state index in [4.69, 9.17) is 34.8 Å². The molecule has 0 saturated heterocycles. The van der Waals surface area contributed by atoms with E-state index in [0.29, 0.717) is 15.6 Å². The first kappa shape index (κ1) is 12.6. The van der Waals surface area contributed by atoms with E-state index in [2.05, 4.69) is 0 Å². The topological polar surface area (TPSA) is 20.3 Å². The van der Waals surface area contributed by atoms with Crippen LogP contribution in [0.25, 0.3) is 0 Å². The van der Waals surface area contributed by atoms with Crippen molar-refractivity contribution in [1.82, 2.24) is 4.90 Å². The smallest absolute Gasteiger partial charge is 0.244 e. The fourth-order valence-electron chi connectivity index (χ4n) is 1.07. The molecule has 0 aliphatic carbocycles. The Bertz CT molecular complexity index is 379. The number of hydrogen-bond donors (Lipinski definition) is 0. The predicted octanol–water partition coefficient (Wildman–Crippen LogP) is 3.36. The number of halogens is 3. The minimum atomic E-state index is -0.773. The Kier molecular flexibility index (Phi) is 4.26. The van der Waals surface area contributed by atoms with Gasteiger partial charge in [-0.1, -0.05) is 29.3 Å². The molecule has 0 aromatic heterocycles. The van der Waals surface area contributed by atoms with Crippen LogP contribution >= 0.6 is 34.8 Å². The number of likely N-dealkylation sites (N-methyl/N-ethyl adjacent to an activating group) is 1. The van der Waals surface area contributed by atoms with Crippen molar-refractivity contribution in [2.45, 2.75) is 5.38 Å². The van der Waals surface area contributed by atoms with Crippen LogP contribution in [-0.2, 0) is 4.79 Å². The van der Waals surface area contributed by atoms with Gasteiger partial charge in [-0.15, -0.1) is 11.6 Å². The maximum Gasteiger partial charge on any atom is 0.244 e. The van der Waals surface area contributed by atoms with Crippen LogP contribution in [0.1, 0.15) is 10.9 Å². The Hall–Kier alpha value is -0.440. The zero-order valence-corrected chi connectivity index (χ0v) is 10.6. The molecule has 0 bridgehead atoms. The van der Waals surface area contributed by atoms with Gasteiger partial charge in [0.2, 0.25) is 5.91 Å². The Morgan fingerprint density at radius 1 is 1.33 bits per heavy atom. The summed E-state index contributed by atoms with van der Waals surface area (Å²) in [7, 11) is 3.28. The van der Waals surface area contributed by atoms with E-state index in [1.54, 1.807) is 32.3 Å². The first-order valence-corrected chi connectivity index (χ1v) is 5.43. The summed E-state index contributed by atoms with van der Waals surface area (Å²) in [6.45, 7) is 0. The van der Waals surface area contributed by atoms with Gasteiger partial charge >= 0.3 is 0 Å². The summed E-state index contributed by atoms with van der Waals surface area (Å²) >= 11 is 17.7. The molecule has 82 valence electrons. The van der Waals surface area contributed by atoms with E-state index in [-0.39, 0.29) is 5.91 Å². The number of benzene rings is 1. The monoisotopic (exact) mass is 265 g/mol. The van der Waals surface area contributed by atoms with Crippen molar-refractivity contribution < 1.29 is 4.79 Å². The number of carbonyl (C=O) groups is 1. The van der Waals surface area contributed by atoms with Gasteiger partial charge in [-0.2, -0.15) is 0 Å². The van der Waals surface area contributed by atoms with Crippen LogP contribution in [0.5, 0.6) is 0 Å². The van der Waals surface area contributed by atoms with Crippen LogP contribution in [0.2, 0.25) is 10.0 Å². The van der Waals surface area contributed by atoms with E-state index in [0.717, 1.165) is 0 Å². The summed E-state index contributed by atoms with van der Waals surface area (Å²) in [5.41, 5.74) is 0.571. The van der Waals surface area contributed by atoms with Gasteiger partial charge in [0.15, 0.2) is 0 Å². The minimum absolute atomic E-state index is 0.208. The lowest BCUT2D eigenvalue weighted by Gasteiger charge is -2.16. The van der Waals surface area contributed by atoms with Gasteiger partial charge < -0.3 is 4.90 Å². The maximum atomic E-state index is 11.6. The molecule has 0 spiro atoms. The summed E-state index contributed by atoms with van der Waals surface area (Å²) in [5.74, 6) is -0.208. The highest BCUT2D eigenvalue weighted by molar-refractivity contribution is 6.37. The van der Waals surface area contributed by atoms with Gasteiger partial charge in [-0.05, 0) is 17.7 Å². The van der Waals surface area contributed by atoms with Crippen LogP contribution in [0, 0.1) is 0 Å². The normalized spacial score (nSPS) is 12.3. The van der Waals surface area contributed by atoms with Crippen molar-refractivity contribution in [1.29, 1.82) is 0 Å². The summed E-state index contributed by atoms with van der Waals surface area (Å²) in [6.07, 6.45) is 0. The average Bonchev–Trinajstić information content (AvgIpc) is 2.15. The third-order valence-electron chi connectivity index (χ3n) is 1.89. The second kappa shape index (κ2) is 5.06. The quantitative estimate of drug-likeness (QED) is 0.752. The third-order valence-corrected chi connectivity index (χ3v) is 2.88. The molecule has 1 aromatic rings. The first-order valence-electron chi connectivity index (χ1n) is 4.23. The van der Waals surface area contributed by atoms with E-state index < -0.39 is 5.38 Å². The predicted molar refractivity (Wildman–Crippen MR) is 63.8 cm³/mol. The molecule has 1 aromatic carbocycles. The van der Waals surface area contributed by atoms with E-state index in [1.165, 1.54) is 4.90 Å². The molecule has 2 nitrogen and oxygen atoms in total. The zero-order valence-electron chi connectivity index (χ0n) is 8.30. The number of amides is 1. The molecule has 5 heteroatoms. The fourth-order valence-corrected chi connectivity index (χ4v) is 2.03. The molecule has 0 fully saturated rings. The lowest BCUT2D eigenvalue weighted by molar-refractivity contribution is -0.128. The molecule has 1 rings (SSSR count). The molecule has 15 heavy (non-hydrogen) atoms. The number of alkyl halides is 1. The molecule has 0 aliphatic rings. The van der Waals surface area contributed by atoms with E-state index in [9.17, 15) is 4.79 Å². The van der Waals surface area contributed by atoms with Crippen LogP contribution in [0.4, 0.5) is 0 Å². The SMILES string of the molecule is CN(C)C(=O)C(Cl)c1ccc(Cl)cc1Cl. The van der Waals surface area contributed by atoms with Crippen molar-refractivity contribution in [2.24, 2.45) is 0 Å².